The van der Waals surface area contributed by atoms with E-state index in [1.165, 1.54) is 11.8 Å². The summed E-state index contributed by atoms with van der Waals surface area (Å²) in [4.78, 5) is 16.4. The number of amidine groups is 1. The van der Waals surface area contributed by atoms with E-state index in [2.05, 4.69) is 22.5 Å². The Kier molecular flexibility index (Phi) is 5.15. The molecule has 2 aliphatic heterocycles. The van der Waals surface area contributed by atoms with Gasteiger partial charge in [-0.05, 0) is 30.7 Å². The number of sulfone groups is 1. The van der Waals surface area contributed by atoms with Gasteiger partial charge in [0.2, 0.25) is 0 Å². The first-order valence-electron chi connectivity index (χ1n) is 8.07. The molecule has 0 radical (unpaired) electrons. The predicted molar refractivity (Wildman–Crippen MR) is 98.6 cm³/mol. The molecule has 0 aliphatic carbocycles. The second-order valence-corrected chi connectivity index (χ2v) is 9.43. The number of fused-ring (bicyclic) bond motifs is 1. The van der Waals surface area contributed by atoms with E-state index in [1.54, 1.807) is 12.1 Å². The minimum Gasteiger partial charge on any atom is -0.352 e. The first kappa shape index (κ1) is 17.3. The van der Waals surface area contributed by atoms with Gasteiger partial charge >= 0.3 is 0 Å². The van der Waals surface area contributed by atoms with Crippen molar-refractivity contribution in [3.63, 3.8) is 0 Å². The van der Waals surface area contributed by atoms with Gasteiger partial charge in [-0.3, -0.25) is 9.79 Å². The van der Waals surface area contributed by atoms with Gasteiger partial charge in [-0.2, -0.15) is 0 Å². The van der Waals surface area contributed by atoms with E-state index in [1.807, 2.05) is 12.1 Å². The number of unbranched alkanes of at least 4 members (excludes halogenated alkanes) is 1. The van der Waals surface area contributed by atoms with E-state index >= 15 is 0 Å². The molecule has 0 aromatic heterocycles. The summed E-state index contributed by atoms with van der Waals surface area (Å²) in [5.41, 5.74) is 1.47. The molecule has 3 rings (SSSR count). The molecule has 6 nitrogen and oxygen atoms in total. The second kappa shape index (κ2) is 7.14. The van der Waals surface area contributed by atoms with Crippen LogP contribution in [-0.4, -0.2) is 48.8 Å². The highest BCUT2D eigenvalue weighted by atomic mass is 32.2. The number of anilines is 1. The lowest BCUT2D eigenvalue weighted by molar-refractivity contribution is 0.0953. The maximum Gasteiger partial charge on any atom is 0.251 e. The van der Waals surface area contributed by atoms with Crippen molar-refractivity contribution in [3.8, 4) is 0 Å². The molecule has 1 fully saturated rings. The van der Waals surface area contributed by atoms with E-state index in [0.717, 1.165) is 23.7 Å². The molecular weight excluding hydrogens is 346 g/mol. The molecule has 0 bridgehead atoms. The van der Waals surface area contributed by atoms with Gasteiger partial charge in [-0.1, -0.05) is 25.1 Å². The van der Waals surface area contributed by atoms with Gasteiger partial charge < -0.3 is 10.6 Å². The fraction of sp³-hybridized carbons (Fsp3) is 0.500. The highest BCUT2D eigenvalue weighted by Gasteiger charge is 2.42. The molecule has 1 aromatic rings. The molecule has 0 unspecified atom stereocenters. The monoisotopic (exact) mass is 367 g/mol. The SMILES string of the molecule is CCCCNC(=O)c1ccc(NC2=N[C@@H]3CS(=O)(=O)C[C@H]3S2)cc1. The van der Waals surface area contributed by atoms with Gasteiger partial charge in [0, 0.05) is 23.0 Å². The summed E-state index contributed by atoms with van der Waals surface area (Å²) in [7, 11) is -2.93. The smallest absolute Gasteiger partial charge is 0.251 e. The Labute approximate surface area is 146 Å². The van der Waals surface area contributed by atoms with Gasteiger partial charge in [-0.15, -0.1) is 0 Å². The zero-order chi connectivity index (χ0) is 17.2. The van der Waals surface area contributed by atoms with E-state index in [9.17, 15) is 13.2 Å². The van der Waals surface area contributed by atoms with Crippen LogP contribution in [-0.2, 0) is 9.84 Å². The van der Waals surface area contributed by atoms with Crippen molar-refractivity contribution in [2.75, 3.05) is 23.4 Å². The van der Waals surface area contributed by atoms with Crippen LogP contribution in [0.2, 0.25) is 0 Å². The standard InChI is InChI=1S/C16H21N3O3S2/c1-2-3-8-17-15(20)11-4-6-12(7-5-11)18-16-19-13-9-24(21,22)10-14(13)23-16/h4-7,13-14H,2-3,8-10H2,1H3,(H,17,20)(H,18,19)/t13-,14-/m1/s1. The number of benzene rings is 1. The van der Waals surface area contributed by atoms with Crippen LogP contribution in [0.15, 0.2) is 29.3 Å². The van der Waals surface area contributed by atoms with Crippen LogP contribution in [0.1, 0.15) is 30.1 Å². The number of carbonyl (C=O) groups is 1. The number of nitrogens with zero attached hydrogens (tertiary/aromatic N) is 1. The molecule has 0 spiro atoms. The van der Waals surface area contributed by atoms with Crippen LogP contribution in [0.3, 0.4) is 0 Å². The van der Waals surface area contributed by atoms with Crippen molar-refractivity contribution in [1.29, 1.82) is 0 Å². The molecule has 2 atom stereocenters. The summed E-state index contributed by atoms with van der Waals surface area (Å²) < 4.78 is 23.1. The Morgan fingerprint density at radius 3 is 2.71 bits per heavy atom. The summed E-state index contributed by atoms with van der Waals surface area (Å²) in [5, 5.41) is 6.86. The number of amides is 1. The molecule has 1 amide bonds. The minimum atomic E-state index is -2.93. The van der Waals surface area contributed by atoms with Crippen LogP contribution >= 0.6 is 11.8 Å². The van der Waals surface area contributed by atoms with Crippen LogP contribution in [0, 0.1) is 0 Å². The Morgan fingerprint density at radius 1 is 1.29 bits per heavy atom. The predicted octanol–water partition coefficient (Wildman–Crippen LogP) is 1.90. The lowest BCUT2D eigenvalue weighted by Gasteiger charge is -2.08. The molecule has 2 N–H and O–H groups in total. The largest absolute Gasteiger partial charge is 0.352 e. The quantitative estimate of drug-likeness (QED) is 0.776. The Hall–Kier alpha value is -1.54. The van der Waals surface area contributed by atoms with Gasteiger partial charge in [0.25, 0.3) is 5.91 Å². The minimum absolute atomic E-state index is 0.0288. The molecule has 8 heteroatoms. The average molecular weight is 367 g/mol. The summed E-state index contributed by atoms with van der Waals surface area (Å²) in [6.07, 6.45) is 2.02. The fourth-order valence-corrected chi connectivity index (χ4v) is 6.40. The van der Waals surface area contributed by atoms with Crippen LogP contribution in [0.4, 0.5) is 5.69 Å². The lowest BCUT2D eigenvalue weighted by atomic mass is 10.2. The van der Waals surface area contributed by atoms with Crippen LogP contribution in [0.25, 0.3) is 0 Å². The third-order valence-corrected chi connectivity index (χ3v) is 7.17. The van der Waals surface area contributed by atoms with Crippen molar-refractivity contribution in [2.45, 2.75) is 31.1 Å². The molecule has 0 saturated carbocycles. The Bertz CT molecular complexity index is 744. The number of rotatable bonds is 5. The maximum atomic E-state index is 12.0. The number of aliphatic imine (C=N–C) groups is 1. The van der Waals surface area contributed by atoms with Crippen molar-refractivity contribution in [3.05, 3.63) is 29.8 Å². The molecule has 2 heterocycles. The molecule has 2 aliphatic rings. The van der Waals surface area contributed by atoms with Crippen LogP contribution in [0.5, 0.6) is 0 Å². The number of thioether (sulfide) groups is 1. The van der Waals surface area contributed by atoms with Gasteiger partial charge in [0.05, 0.1) is 17.5 Å². The van der Waals surface area contributed by atoms with Crippen LogP contribution < -0.4 is 10.6 Å². The average Bonchev–Trinajstić information content (AvgIpc) is 3.00. The zero-order valence-corrected chi connectivity index (χ0v) is 15.1. The Balaban J connectivity index is 1.57. The molecular formula is C16H21N3O3S2. The topological polar surface area (TPSA) is 87.6 Å². The van der Waals surface area contributed by atoms with E-state index in [0.29, 0.717) is 12.1 Å². The molecule has 1 aromatic carbocycles. The lowest BCUT2D eigenvalue weighted by Crippen LogP contribution is -2.24. The third-order valence-electron chi connectivity index (χ3n) is 4.03. The summed E-state index contributed by atoms with van der Waals surface area (Å²) >= 11 is 1.48. The second-order valence-electron chi connectivity index (χ2n) is 6.05. The van der Waals surface area contributed by atoms with E-state index < -0.39 is 9.84 Å². The highest BCUT2D eigenvalue weighted by Crippen LogP contribution is 2.34. The van der Waals surface area contributed by atoms with Gasteiger partial charge in [0.1, 0.15) is 0 Å². The van der Waals surface area contributed by atoms with Crippen molar-refractivity contribution in [1.82, 2.24) is 5.32 Å². The van der Waals surface area contributed by atoms with Crippen molar-refractivity contribution < 1.29 is 13.2 Å². The number of hydrogen-bond donors (Lipinski definition) is 2. The molecule has 1 saturated heterocycles. The number of hydrogen-bond acceptors (Lipinski definition) is 6. The Morgan fingerprint density at radius 2 is 2.04 bits per heavy atom. The fourth-order valence-electron chi connectivity index (χ4n) is 2.73. The first-order chi connectivity index (χ1) is 11.5. The summed E-state index contributed by atoms with van der Waals surface area (Å²) in [5.74, 6) is 0.281. The van der Waals surface area contributed by atoms with Crippen molar-refractivity contribution >= 4 is 38.4 Å². The normalized spacial score (nSPS) is 24.3. The summed E-state index contributed by atoms with van der Waals surface area (Å²) in [6.45, 7) is 2.77. The molecule has 130 valence electrons. The summed E-state index contributed by atoms with van der Waals surface area (Å²) in [6, 6.07) is 7.08. The van der Waals surface area contributed by atoms with Gasteiger partial charge in [0.15, 0.2) is 15.0 Å². The third kappa shape index (κ3) is 4.10. The van der Waals surface area contributed by atoms with E-state index in [4.69, 9.17) is 0 Å². The van der Waals surface area contributed by atoms with E-state index in [-0.39, 0.29) is 28.7 Å². The number of nitrogens with one attached hydrogen (secondary N) is 2. The first-order valence-corrected chi connectivity index (χ1v) is 10.8. The molecule has 24 heavy (non-hydrogen) atoms. The van der Waals surface area contributed by atoms with Crippen molar-refractivity contribution in [2.24, 2.45) is 4.99 Å². The van der Waals surface area contributed by atoms with Gasteiger partial charge in [-0.25, -0.2) is 8.42 Å². The zero-order valence-electron chi connectivity index (χ0n) is 13.5. The number of carbonyl (C=O) groups excluding carboxylic acids is 1. The maximum absolute atomic E-state index is 12.0. The highest BCUT2D eigenvalue weighted by molar-refractivity contribution is 8.15.